The van der Waals surface area contributed by atoms with Gasteiger partial charge < -0.3 is 15.2 Å². The number of esters is 1. The third-order valence-electron chi connectivity index (χ3n) is 1.27. The van der Waals surface area contributed by atoms with Crippen LogP contribution in [0.15, 0.2) is 0 Å². The fourth-order valence-electron chi connectivity index (χ4n) is 0.644. The summed E-state index contributed by atoms with van der Waals surface area (Å²) in [4.78, 5) is 11.0. The van der Waals surface area contributed by atoms with Gasteiger partial charge in [0.2, 0.25) is 0 Å². The molecule has 0 spiro atoms. The smallest absolute Gasteiger partial charge is 0.307 e. The van der Waals surface area contributed by atoms with Crippen molar-refractivity contribution in [2.24, 2.45) is 0 Å². The molecule has 0 fully saturated rings. The molecule has 0 bridgehead atoms. The van der Waals surface area contributed by atoms with E-state index in [1.807, 2.05) is 0 Å². The third-order valence-corrected chi connectivity index (χ3v) is 3.62. The second-order valence-corrected chi connectivity index (χ2v) is 5.14. The molecule has 0 heterocycles. The maximum atomic E-state index is 11.0. The molecule has 14 heavy (non-hydrogen) atoms. The second kappa shape index (κ2) is 11.2. The van der Waals surface area contributed by atoms with Gasteiger partial charge in [0.25, 0.3) is 0 Å². The zero-order valence-electron chi connectivity index (χ0n) is 8.32. The second-order valence-electron chi connectivity index (χ2n) is 2.44. The number of aliphatic hydroxyl groups excluding tert-OH is 1. The van der Waals surface area contributed by atoms with Crippen molar-refractivity contribution in [2.75, 3.05) is 38.3 Å². The molecule has 6 heteroatoms. The first kappa shape index (κ1) is 14.1. The van der Waals surface area contributed by atoms with Gasteiger partial charge >= 0.3 is 5.97 Å². The van der Waals surface area contributed by atoms with E-state index >= 15 is 0 Å². The first-order valence-corrected chi connectivity index (χ1v) is 6.95. The monoisotopic (exact) mass is 239 g/mol. The highest BCUT2D eigenvalue weighted by molar-refractivity contribution is 8.76. The van der Waals surface area contributed by atoms with Gasteiger partial charge in [-0.25, -0.2) is 0 Å². The van der Waals surface area contributed by atoms with E-state index in [1.165, 1.54) is 0 Å². The van der Waals surface area contributed by atoms with Crippen molar-refractivity contribution >= 4 is 27.6 Å². The Morgan fingerprint density at radius 2 is 2.14 bits per heavy atom. The maximum absolute atomic E-state index is 11.0. The van der Waals surface area contributed by atoms with Crippen molar-refractivity contribution in [1.82, 2.24) is 5.32 Å². The molecular formula is C8H17NO3S2. The minimum Gasteiger partial charge on any atom is -0.465 e. The van der Waals surface area contributed by atoms with Gasteiger partial charge in [0.15, 0.2) is 0 Å². The van der Waals surface area contributed by atoms with Crippen molar-refractivity contribution in [3.8, 4) is 0 Å². The van der Waals surface area contributed by atoms with Crippen LogP contribution in [0.25, 0.3) is 0 Å². The van der Waals surface area contributed by atoms with Crippen LogP contribution >= 0.6 is 21.6 Å². The van der Waals surface area contributed by atoms with Gasteiger partial charge in [-0.2, -0.15) is 0 Å². The molecule has 0 unspecified atom stereocenters. The van der Waals surface area contributed by atoms with E-state index in [9.17, 15) is 4.79 Å². The van der Waals surface area contributed by atoms with Gasteiger partial charge in [-0.3, -0.25) is 4.79 Å². The summed E-state index contributed by atoms with van der Waals surface area (Å²) in [7, 11) is 4.99. The lowest BCUT2D eigenvalue weighted by atomic mass is 10.4. The van der Waals surface area contributed by atoms with Crippen LogP contribution in [0.1, 0.15) is 6.42 Å². The molecule has 0 aromatic rings. The quantitative estimate of drug-likeness (QED) is 0.347. The SMILES string of the molecule is CNCCC(=O)OCCSSCCO. The van der Waals surface area contributed by atoms with E-state index in [1.54, 1.807) is 28.6 Å². The lowest BCUT2D eigenvalue weighted by Crippen LogP contribution is -2.15. The van der Waals surface area contributed by atoms with Crippen LogP contribution in [-0.4, -0.2) is 49.4 Å². The first-order valence-electron chi connectivity index (χ1n) is 4.46. The molecule has 0 rings (SSSR count). The summed E-state index contributed by atoms with van der Waals surface area (Å²) in [5.74, 6) is 1.33. The van der Waals surface area contributed by atoms with E-state index in [4.69, 9.17) is 9.84 Å². The van der Waals surface area contributed by atoms with E-state index in [-0.39, 0.29) is 12.6 Å². The van der Waals surface area contributed by atoms with Crippen molar-refractivity contribution < 1.29 is 14.6 Å². The van der Waals surface area contributed by atoms with Crippen molar-refractivity contribution in [1.29, 1.82) is 0 Å². The molecule has 0 atom stereocenters. The van der Waals surface area contributed by atoms with Gasteiger partial charge in [-0.15, -0.1) is 0 Å². The molecule has 0 radical (unpaired) electrons. The maximum Gasteiger partial charge on any atom is 0.307 e. The van der Waals surface area contributed by atoms with Crippen LogP contribution < -0.4 is 5.32 Å². The summed E-state index contributed by atoms with van der Waals surface area (Å²) in [6.45, 7) is 1.30. The molecular weight excluding hydrogens is 222 g/mol. The highest BCUT2D eigenvalue weighted by Crippen LogP contribution is 2.19. The third kappa shape index (κ3) is 10.2. The number of aliphatic hydroxyl groups is 1. The van der Waals surface area contributed by atoms with Crippen molar-refractivity contribution in [2.45, 2.75) is 6.42 Å². The van der Waals surface area contributed by atoms with E-state index in [0.717, 1.165) is 11.5 Å². The average molecular weight is 239 g/mol. The lowest BCUT2D eigenvalue weighted by molar-refractivity contribution is -0.142. The molecule has 0 aromatic carbocycles. The Balaban J connectivity index is 3.07. The summed E-state index contributed by atoms with van der Waals surface area (Å²) in [5, 5.41) is 11.4. The van der Waals surface area contributed by atoms with Gasteiger partial charge in [0, 0.05) is 18.1 Å². The van der Waals surface area contributed by atoms with E-state index in [0.29, 0.717) is 19.6 Å². The summed E-state index contributed by atoms with van der Waals surface area (Å²) in [6, 6.07) is 0. The Morgan fingerprint density at radius 1 is 1.43 bits per heavy atom. The van der Waals surface area contributed by atoms with Gasteiger partial charge in [-0.1, -0.05) is 21.6 Å². The van der Waals surface area contributed by atoms with Crippen LogP contribution in [0, 0.1) is 0 Å². The largest absolute Gasteiger partial charge is 0.465 e. The highest BCUT2D eigenvalue weighted by Gasteiger charge is 2.00. The first-order chi connectivity index (χ1) is 6.81. The molecule has 0 saturated heterocycles. The standard InChI is InChI=1S/C8H17NO3S2/c1-9-3-2-8(11)12-5-7-14-13-6-4-10/h9-10H,2-7H2,1H3. The number of carbonyl (C=O) groups excluding carboxylic acids is 1. The van der Waals surface area contributed by atoms with E-state index < -0.39 is 0 Å². The molecule has 0 saturated carbocycles. The topological polar surface area (TPSA) is 58.6 Å². The Bertz CT molecular complexity index is 147. The Labute approximate surface area is 92.6 Å². The predicted octanol–water partition coefficient (Wildman–Crippen LogP) is 0.513. The lowest BCUT2D eigenvalue weighted by Gasteiger charge is -2.03. The fourth-order valence-corrected chi connectivity index (χ4v) is 2.24. The number of rotatable bonds is 9. The van der Waals surface area contributed by atoms with Crippen LogP contribution in [-0.2, 0) is 9.53 Å². The molecule has 0 aromatic heterocycles. The normalized spacial score (nSPS) is 10.1. The van der Waals surface area contributed by atoms with Gasteiger partial charge in [-0.05, 0) is 7.05 Å². The van der Waals surface area contributed by atoms with E-state index in [2.05, 4.69) is 5.32 Å². The summed E-state index contributed by atoms with van der Waals surface area (Å²) < 4.78 is 4.95. The van der Waals surface area contributed by atoms with Crippen LogP contribution in [0.2, 0.25) is 0 Å². The molecule has 84 valence electrons. The molecule has 2 N–H and O–H groups in total. The summed E-state index contributed by atoms with van der Waals surface area (Å²) in [5.41, 5.74) is 0. The zero-order valence-corrected chi connectivity index (χ0v) is 9.96. The van der Waals surface area contributed by atoms with Crippen LogP contribution in [0.3, 0.4) is 0 Å². The Hall–Kier alpha value is 0.0900. The van der Waals surface area contributed by atoms with Crippen LogP contribution in [0.5, 0.6) is 0 Å². The molecule has 4 nitrogen and oxygen atoms in total. The number of nitrogens with one attached hydrogen (secondary N) is 1. The Kier molecular flexibility index (Phi) is 11.2. The van der Waals surface area contributed by atoms with Gasteiger partial charge in [0.1, 0.15) is 6.61 Å². The average Bonchev–Trinajstić information content (AvgIpc) is 2.20. The number of ether oxygens (including phenoxy) is 1. The Morgan fingerprint density at radius 3 is 2.79 bits per heavy atom. The highest BCUT2D eigenvalue weighted by atomic mass is 33.1. The van der Waals surface area contributed by atoms with Gasteiger partial charge in [0.05, 0.1) is 13.0 Å². The molecule has 0 amide bonds. The van der Waals surface area contributed by atoms with Crippen molar-refractivity contribution in [3.05, 3.63) is 0 Å². The summed E-state index contributed by atoms with van der Waals surface area (Å²) >= 11 is 0. The van der Waals surface area contributed by atoms with Crippen molar-refractivity contribution in [3.63, 3.8) is 0 Å². The number of carbonyl (C=O) groups is 1. The minimum absolute atomic E-state index is 0.160. The fraction of sp³-hybridized carbons (Fsp3) is 0.875. The minimum atomic E-state index is -0.160. The molecule has 0 aliphatic heterocycles. The number of hydrogen-bond donors (Lipinski definition) is 2. The van der Waals surface area contributed by atoms with Crippen LogP contribution in [0.4, 0.5) is 0 Å². The predicted molar refractivity (Wildman–Crippen MR) is 61.5 cm³/mol. The number of hydrogen-bond acceptors (Lipinski definition) is 6. The summed E-state index contributed by atoms with van der Waals surface area (Å²) in [6.07, 6.45) is 0.422. The molecule has 0 aliphatic rings. The molecule has 0 aliphatic carbocycles. The zero-order chi connectivity index (χ0) is 10.6.